The number of benzene rings is 1. The third-order valence-electron chi connectivity index (χ3n) is 3.33. The third-order valence-corrected chi connectivity index (χ3v) is 3.33. The van der Waals surface area contributed by atoms with Crippen LogP contribution in [-0.2, 0) is 4.79 Å². The first-order valence-electron chi connectivity index (χ1n) is 5.91. The molecule has 0 aromatic heterocycles. The van der Waals surface area contributed by atoms with Gasteiger partial charge in [-0.05, 0) is 25.0 Å². The van der Waals surface area contributed by atoms with Crippen LogP contribution in [0.5, 0.6) is 5.75 Å². The van der Waals surface area contributed by atoms with Crippen molar-refractivity contribution >= 4 is 17.3 Å². The van der Waals surface area contributed by atoms with E-state index < -0.39 is 6.36 Å². The van der Waals surface area contributed by atoms with Crippen LogP contribution in [0.3, 0.4) is 0 Å². The van der Waals surface area contributed by atoms with Gasteiger partial charge in [0.05, 0.1) is 11.4 Å². The topological polar surface area (TPSA) is 41.6 Å². The minimum Gasteiger partial charge on any atom is -0.406 e. The molecular formula is C12H11F3N2O2. The van der Waals surface area contributed by atoms with Gasteiger partial charge < -0.3 is 15.0 Å². The Bertz CT molecular complexity index is 530. The second-order valence-electron chi connectivity index (χ2n) is 4.57. The number of anilines is 2. The number of amides is 1. The van der Waals surface area contributed by atoms with Gasteiger partial charge in [0, 0.05) is 12.6 Å². The van der Waals surface area contributed by atoms with Gasteiger partial charge in [0.1, 0.15) is 11.8 Å². The molecule has 1 fully saturated rings. The highest BCUT2D eigenvalue weighted by Crippen LogP contribution is 2.39. The first kappa shape index (κ1) is 12.1. The summed E-state index contributed by atoms with van der Waals surface area (Å²) in [5.74, 6) is -0.373. The lowest BCUT2D eigenvalue weighted by molar-refractivity contribution is -0.274. The standard InChI is InChI=1S/C12H11F3N2O2/c13-12(14,15)19-7-3-4-8-10(6-7)17-5-1-2-9(17)11(18)16-8/h3-4,6,9H,1-2,5H2,(H,16,18). The molecule has 0 spiro atoms. The van der Waals surface area contributed by atoms with Crippen LogP contribution < -0.4 is 15.0 Å². The van der Waals surface area contributed by atoms with Crippen LogP contribution in [-0.4, -0.2) is 24.9 Å². The molecule has 0 radical (unpaired) electrons. The van der Waals surface area contributed by atoms with E-state index in [0.717, 1.165) is 12.8 Å². The predicted molar refractivity (Wildman–Crippen MR) is 62.1 cm³/mol. The summed E-state index contributed by atoms with van der Waals surface area (Å²) in [6.45, 7) is 0.667. The molecular weight excluding hydrogens is 261 g/mol. The maximum atomic E-state index is 12.2. The Hall–Kier alpha value is -1.92. The molecule has 2 heterocycles. The summed E-state index contributed by atoms with van der Waals surface area (Å²) in [5.41, 5.74) is 1.11. The van der Waals surface area contributed by atoms with Crippen LogP contribution >= 0.6 is 0 Å². The van der Waals surface area contributed by atoms with E-state index >= 15 is 0 Å². The lowest BCUT2D eigenvalue weighted by Gasteiger charge is -2.33. The molecule has 1 atom stereocenters. The van der Waals surface area contributed by atoms with Crippen molar-refractivity contribution in [3.63, 3.8) is 0 Å². The summed E-state index contributed by atoms with van der Waals surface area (Å²) in [4.78, 5) is 13.6. The van der Waals surface area contributed by atoms with E-state index in [1.54, 1.807) is 0 Å². The molecule has 19 heavy (non-hydrogen) atoms. The summed E-state index contributed by atoms with van der Waals surface area (Å²) in [7, 11) is 0. The number of carbonyl (C=O) groups excluding carboxylic acids is 1. The summed E-state index contributed by atoms with van der Waals surface area (Å²) in [6, 6.07) is 3.67. The first-order chi connectivity index (χ1) is 8.94. The second-order valence-corrected chi connectivity index (χ2v) is 4.57. The van der Waals surface area contributed by atoms with E-state index in [-0.39, 0.29) is 17.7 Å². The van der Waals surface area contributed by atoms with Crippen LogP contribution in [0.4, 0.5) is 24.5 Å². The quantitative estimate of drug-likeness (QED) is 0.854. The van der Waals surface area contributed by atoms with Crippen molar-refractivity contribution in [2.75, 3.05) is 16.8 Å². The second kappa shape index (κ2) is 4.04. The van der Waals surface area contributed by atoms with Crippen LogP contribution in [0, 0.1) is 0 Å². The van der Waals surface area contributed by atoms with Gasteiger partial charge in [-0.15, -0.1) is 13.2 Å². The molecule has 2 aliphatic heterocycles. The Labute approximate surface area is 107 Å². The van der Waals surface area contributed by atoms with Crippen molar-refractivity contribution in [2.45, 2.75) is 25.2 Å². The van der Waals surface area contributed by atoms with Crippen molar-refractivity contribution in [1.82, 2.24) is 0 Å². The fourth-order valence-corrected chi connectivity index (χ4v) is 2.60. The van der Waals surface area contributed by atoms with Crippen molar-refractivity contribution in [1.29, 1.82) is 0 Å². The minimum atomic E-state index is -4.71. The van der Waals surface area contributed by atoms with Gasteiger partial charge in [0.15, 0.2) is 0 Å². The number of carbonyl (C=O) groups is 1. The number of hydrogen-bond acceptors (Lipinski definition) is 3. The van der Waals surface area contributed by atoms with Gasteiger partial charge in [-0.1, -0.05) is 0 Å². The zero-order valence-electron chi connectivity index (χ0n) is 9.83. The number of rotatable bonds is 1. The number of nitrogens with one attached hydrogen (secondary N) is 1. The number of alkyl halides is 3. The molecule has 7 heteroatoms. The molecule has 1 aromatic carbocycles. The van der Waals surface area contributed by atoms with Gasteiger partial charge in [-0.2, -0.15) is 0 Å². The molecule has 1 amide bonds. The smallest absolute Gasteiger partial charge is 0.406 e. The van der Waals surface area contributed by atoms with E-state index in [0.29, 0.717) is 17.9 Å². The summed E-state index contributed by atoms with van der Waals surface area (Å²) in [6.07, 6.45) is -3.14. The lowest BCUT2D eigenvalue weighted by Crippen LogP contribution is -2.43. The molecule has 3 rings (SSSR count). The van der Waals surface area contributed by atoms with Crippen molar-refractivity contribution in [2.24, 2.45) is 0 Å². The average molecular weight is 272 g/mol. The summed E-state index contributed by atoms with van der Waals surface area (Å²) in [5, 5.41) is 2.70. The predicted octanol–water partition coefficient (Wildman–Crippen LogP) is 2.51. The monoisotopic (exact) mass is 272 g/mol. The van der Waals surface area contributed by atoms with E-state index in [4.69, 9.17) is 0 Å². The Morgan fingerprint density at radius 1 is 1.37 bits per heavy atom. The van der Waals surface area contributed by atoms with Crippen LogP contribution in [0.25, 0.3) is 0 Å². The number of hydrogen-bond donors (Lipinski definition) is 1. The first-order valence-corrected chi connectivity index (χ1v) is 5.91. The Morgan fingerprint density at radius 2 is 2.16 bits per heavy atom. The molecule has 102 valence electrons. The zero-order valence-corrected chi connectivity index (χ0v) is 9.83. The number of nitrogens with zero attached hydrogens (tertiary/aromatic N) is 1. The maximum Gasteiger partial charge on any atom is 0.573 e. The van der Waals surface area contributed by atoms with Crippen LogP contribution in [0.15, 0.2) is 18.2 Å². The number of ether oxygens (including phenoxy) is 1. The highest BCUT2D eigenvalue weighted by Gasteiger charge is 2.37. The molecule has 1 N–H and O–H groups in total. The molecule has 0 aliphatic carbocycles. The number of halogens is 3. The molecule has 2 aliphatic rings. The van der Waals surface area contributed by atoms with E-state index in [1.807, 2.05) is 4.90 Å². The van der Waals surface area contributed by atoms with Gasteiger partial charge in [0.2, 0.25) is 5.91 Å². The zero-order chi connectivity index (χ0) is 13.6. The van der Waals surface area contributed by atoms with Gasteiger partial charge >= 0.3 is 6.36 Å². The van der Waals surface area contributed by atoms with Crippen molar-refractivity contribution in [3.05, 3.63) is 18.2 Å². The third kappa shape index (κ3) is 2.20. The maximum absolute atomic E-state index is 12.2. The lowest BCUT2D eigenvalue weighted by atomic mass is 10.1. The molecule has 1 aromatic rings. The fourth-order valence-electron chi connectivity index (χ4n) is 2.60. The van der Waals surface area contributed by atoms with Gasteiger partial charge in [-0.25, -0.2) is 0 Å². The highest BCUT2D eigenvalue weighted by atomic mass is 19.4. The van der Waals surface area contributed by atoms with Crippen molar-refractivity contribution in [3.8, 4) is 5.75 Å². The Kier molecular flexibility index (Phi) is 2.58. The van der Waals surface area contributed by atoms with E-state index in [1.165, 1.54) is 18.2 Å². The average Bonchev–Trinajstić information content (AvgIpc) is 2.78. The molecule has 1 unspecified atom stereocenters. The summed E-state index contributed by atoms with van der Waals surface area (Å²) >= 11 is 0. The summed E-state index contributed by atoms with van der Waals surface area (Å²) < 4.78 is 40.5. The van der Waals surface area contributed by atoms with Crippen molar-refractivity contribution < 1.29 is 22.7 Å². The van der Waals surface area contributed by atoms with E-state index in [9.17, 15) is 18.0 Å². The van der Waals surface area contributed by atoms with E-state index in [2.05, 4.69) is 10.1 Å². The fraction of sp³-hybridized carbons (Fsp3) is 0.417. The number of fused-ring (bicyclic) bond motifs is 3. The van der Waals surface area contributed by atoms with Crippen LogP contribution in [0.1, 0.15) is 12.8 Å². The highest BCUT2D eigenvalue weighted by molar-refractivity contribution is 6.04. The Balaban J connectivity index is 1.96. The molecule has 0 saturated carbocycles. The largest absolute Gasteiger partial charge is 0.573 e. The van der Waals surface area contributed by atoms with Gasteiger partial charge in [0.25, 0.3) is 0 Å². The normalized spacial score (nSPS) is 21.7. The van der Waals surface area contributed by atoms with Gasteiger partial charge in [-0.3, -0.25) is 4.79 Å². The molecule has 4 nitrogen and oxygen atoms in total. The Morgan fingerprint density at radius 3 is 2.89 bits per heavy atom. The van der Waals surface area contributed by atoms with Crippen LogP contribution in [0.2, 0.25) is 0 Å². The molecule has 0 bridgehead atoms. The SMILES string of the molecule is O=C1Nc2ccc(OC(F)(F)F)cc2N2CCCC12. The molecule has 1 saturated heterocycles. The minimum absolute atomic E-state index is 0.102.